The number of carbonyl (C=O) groups is 2. The van der Waals surface area contributed by atoms with Gasteiger partial charge in [-0.25, -0.2) is 14.4 Å². The van der Waals surface area contributed by atoms with Crippen molar-refractivity contribution in [1.82, 2.24) is 24.6 Å². The van der Waals surface area contributed by atoms with Gasteiger partial charge in [0.15, 0.2) is 23.0 Å². The van der Waals surface area contributed by atoms with Crippen LogP contribution < -0.4 is 20.5 Å². The predicted molar refractivity (Wildman–Crippen MR) is 175 cm³/mol. The molecular formula is C35H41F2N7O4. The van der Waals surface area contributed by atoms with E-state index in [2.05, 4.69) is 27.5 Å². The first-order valence-corrected chi connectivity index (χ1v) is 16.5. The third-order valence-corrected chi connectivity index (χ3v) is 10.1. The minimum Gasteiger partial charge on any atom is -0.530 e. The standard InChI is InChI=1S/C35H41F2N7O4/c1-4-24-16-25(41-32-33-40-19-28(42(33)13-12-39-32)27-8-9-29(48-3)31(37)30(27)36)6-7-26(24)34(45)43(35(46)47)20-22-10-14-44(5-2,15-11-22)21-23-17-38-18-23/h6-9,12-13,16,19,22-23,38H,4-5,10-11,14-15,17-18,20-21H2,1-3H3,(H-,39,41,45,46,47). The summed E-state index contributed by atoms with van der Waals surface area (Å²) < 4.78 is 36.9. The molecule has 2 amide bonds. The normalized spacial score (nSPS) is 19.6. The Morgan fingerprint density at radius 2 is 1.88 bits per heavy atom. The topological polar surface area (TPSA) is 124 Å². The monoisotopic (exact) mass is 661 g/mol. The van der Waals surface area contributed by atoms with E-state index in [0.29, 0.717) is 46.3 Å². The number of likely N-dealkylation sites (tertiary alicyclic amines) is 1. The van der Waals surface area contributed by atoms with Gasteiger partial charge in [0.25, 0.3) is 5.91 Å². The minimum absolute atomic E-state index is 0.00903. The minimum atomic E-state index is -1.49. The van der Waals surface area contributed by atoms with Crippen LogP contribution in [0.3, 0.4) is 0 Å². The van der Waals surface area contributed by atoms with Gasteiger partial charge in [-0.2, -0.15) is 4.39 Å². The summed E-state index contributed by atoms with van der Waals surface area (Å²) in [6, 6.07) is 7.84. The van der Waals surface area contributed by atoms with Crippen molar-refractivity contribution in [2.24, 2.45) is 11.8 Å². The summed E-state index contributed by atoms with van der Waals surface area (Å²) in [7, 11) is 1.27. The maximum Gasteiger partial charge on any atom is 0.259 e. The van der Waals surface area contributed by atoms with E-state index in [0.717, 1.165) is 61.5 Å². The fraction of sp³-hybridized carbons (Fsp3) is 0.429. The Morgan fingerprint density at radius 3 is 2.52 bits per heavy atom. The molecule has 2 aromatic heterocycles. The summed E-state index contributed by atoms with van der Waals surface area (Å²) >= 11 is 0. The summed E-state index contributed by atoms with van der Waals surface area (Å²) in [6.45, 7) is 10.5. The quantitative estimate of drug-likeness (QED) is 0.229. The van der Waals surface area contributed by atoms with Crippen LogP contribution in [0.1, 0.15) is 42.6 Å². The molecule has 0 bridgehead atoms. The molecule has 2 aromatic carbocycles. The van der Waals surface area contributed by atoms with E-state index < -0.39 is 23.6 Å². The summed E-state index contributed by atoms with van der Waals surface area (Å²) in [5, 5.41) is 18.8. The molecule has 48 heavy (non-hydrogen) atoms. The maximum absolute atomic E-state index is 14.9. The predicted octanol–water partition coefficient (Wildman–Crippen LogP) is 4.24. The van der Waals surface area contributed by atoms with E-state index in [4.69, 9.17) is 4.74 Å². The molecule has 0 unspecified atom stereocenters. The summed E-state index contributed by atoms with van der Waals surface area (Å²) in [4.78, 5) is 35.6. The first kappa shape index (κ1) is 33.3. The van der Waals surface area contributed by atoms with Crippen LogP contribution in [-0.4, -0.2) is 88.7 Å². The molecule has 2 aliphatic heterocycles. The molecule has 13 heteroatoms. The number of nitrogens with one attached hydrogen (secondary N) is 2. The number of rotatable bonds is 11. The highest BCUT2D eigenvalue weighted by atomic mass is 19.2. The highest BCUT2D eigenvalue weighted by molar-refractivity contribution is 6.03. The number of carboxylic acid groups (broad SMARTS) is 1. The van der Waals surface area contributed by atoms with Gasteiger partial charge in [0.2, 0.25) is 5.82 Å². The number of imidazole rings is 1. The largest absolute Gasteiger partial charge is 0.530 e. The van der Waals surface area contributed by atoms with Crippen LogP contribution in [0.5, 0.6) is 5.75 Å². The van der Waals surface area contributed by atoms with Gasteiger partial charge in [-0.3, -0.25) is 14.1 Å². The number of aryl methyl sites for hydroxylation is 1. The number of amides is 2. The fourth-order valence-corrected chi connectivity index (χ4v) is 7.05. The number of ether oxygens (including phenoxy) is 1. The lowest BCUT2D eigenvalue weighted by molar-refractivity contribution is -0.935. The molecule has 0 radical (unpaired) electrons. The summed E-state index contributed by atoms with van der Waals surface area (Å²) in [5.41, 5.74) is 2.24. The molecular weight excluding hydrogens is 620 g/mol. The second-order valence-corrected chi connectivity index (χ2v) is 12.8. The molecule has 254 valence electrons. The first-order valence-electron chi connectivity index (χ1n) is 16.5. The van der Waals surface area contributed by atoms with Crippen molar-refractivity contribution in [3.05, 3.63) is 71.7 Å². The van der Waals surface area contributed by atoms with Gasteiger partial charge in [0, 0.05) is 67.6 Å². The third kappa shape index (κ3) is 6.44. The molecule has 2 N–H and O–H groups in total. The maximum atomic E-state index is 14.9. The Balaban J connectivity index is 1.18. The van der Waals surface area contributed by atoms with E-state index in [1.54, 1.807) is 28.8 Å². The Morgan fingerprint density at radius 1 is 1.10 bits per heavy atom. The number of hydrogen-bond acceptors (Lipinski definition) is 8. The Bertz CT molecular complexity index is 1820. The molecule has 0 aliphatic carbocycles. The van der Waals surface area contributed by atoms with Crippen LogP contribution in [0.2, 0.25) is 0 Å². The van der Waals surface area contributed by atoms with Gasteiger partial charge < -0.3 is 29.8 Å². The van der Waals surface area contributed by atoms with Gasteiger partial charge in [0.1, 0.15) is 6.09 Å². The molecule has 2 fully saturated rings. The van der Waals surface area contributed by atoms with Crippen LogP contribution in [0.4, 0.5) is 25.1 Å². The highest BCUT2D eigenvalue weighted by Crippen LogP contribution is 2.32. The number of carbonyl (C=O) groups excluding carboxylic acids is 2. The van der Waals surface area contributed by atoms with Crippen LogP contribution in [0.15, 0.2) is 48.9 Å². The lowest BCUT2D eigenvalue weighted by atomic mass is 9.91. The number of fused-ring (bicyclic) bond motifs is 1. The molecule has 0 atom stereocenters. The zero-order valence-electron chi connectivity index (χ0n) is 27.5. The molecule has 2 aliphatic rings. The smallest absolute Gasteiger partial charge is 0.259 e. The lowest BCUT2D eigenvalue weighted by Crippen LogP contribution is -2.60. The van der Waals surface area contributed by atoms with E-state index in [1.165, 1.54) is 31.6 Å². The Kier molecular flexibility index (Phi) is 9.61. The van der Waals surface area contributed by atoms with Crippen LogP contribution in [0.25, 0.3) is 16.9 Å². The summed E-state index contributed by atoms with van der Waals surface area (Å²) in [6.07, 6.45) is 5.24. The fourth-order valence-electron chi connectivity index (χ4n) is 7.05. The first-order chi connectivity index (χ1) is 23.2. The van der Waals surface area contributed by atoms with Crippen LogP contribution >= 0.6 is 0 Å². The molecule has 0 saturated carbocycles. The number of methoxy groups -OCH3 is 1. The number of anilines is 2. The molecule has 4 aromatic rings. The summed E-state index contributed by atoms with van der Waals surface area (Å²) in [5.74, 6) is -1.80. The number of piperidine rings is 1. The molecule has 4 heterocycles. The van der Waals surface area contributed by atoms with Crippen molar-refractivity contribution in [3.8, 4) is 17.0 Å². The number of aromatic nitrogens is 3. The van der Waals surface area contributed by atoms with Crippen molar-refractivity contribution in [2.45, 2.75) is 33.1 Å². The van der Waals surface area contributed by atoms with Gasteiger partial charge in [-0.05, 0) is 55.2 Å². The SMILES string of the molecule is CCc1cc(Nc2nccn3c(-c4ccc(OC)c(F)c4F)cnc23)ccc1C(=O)N(CC1CC[N+](CC)(CC2CNC2)CC1)C(=O)[O-]. The second kappa shape index (κ2) is 13.9. The highest BCUT2D eigenvalue weighted by Gasteiger charge is 2.37. The zero-order chi connectivity index (χ0) is 34.0. The number of hydrogen-bond donors (Lipinski definition) is 2. The molecule has 11 nitrogen and oxygen atoms in total. The Hall–Kier alpha value is -4.62. The second-order valence-electron chi connectivity index (χ2n) is 12.8. The van der Waals surface area contributed by atoms with Crippen molar-refractivity contribution >= 4 is 29.2 Å². The van der Waals surface area contributed by atoms with Crippen molar-refractivity contribution in [3.63, 3.8) is 0 Å². The van der Waals surface area contributed by atoms with Crippen LogP contribution in [0, 0.1) is 23.5 Å². The number of nitrogens with zero attached hydrogens (tertiary/aromatic N) is 5. The Labute approximate surface area is 278 Å². The number of imide groups is 1. The molecule has 2 saturated heterocycles. The third-order valence-electron chi connectivity index (χ3n) is 10.1. The average Bonchev–Trinajstić information content (AvgIpc) is 3.51. The number of halogens is 2. The number of quaternary nitrogens is 1. The molecule has 0 spiro atoms. The van der Waals surface area contributed by atoms with Gasteiger partial charge in [0.05, 0.1) is 45.2 Å². The van der Waals surface area contributed by atoms with Gasteiger partial charge in [-0.15, -0.1) is 0 Å². The van der Waals surface area contributed by atoms with Crippen molar-refractivity contribution in [1.29, 1.82) is 0 Å². The van der Waals surface area contributed by atoms with Crippen LogP contribution in [-0.2, 0) is 6.42 Å². The lowest BCUT2D eigenvalue weighted by Gasteiger charge is -2.47. The van der Waals surface area contributed by atoms with Gasteiger partial charge in [-0.1, -0.05) is 6.92 Å². The van der Waals surface area contributed by atoms with E-state index in [-0.39, 0.29) is 23.8 Å². The zero-order valence-corrected chi connectivity index (χ0v) is 27.5. The average molecular weight is 662 g/mol. The van der Waals surface area contributed by atoms with E-state index in [9.17, 15) is 23.5 Å². The van der Waals surface area contributed by atoms with Crippen molar-refractivity contribution in [2.75, 3.05) is 58.2 Å². The van der Waals surface area contributed by atoms with Crippen molar-refractivity contribution < 1.29 is 32.7 Å². The van der Waals surface area contributed by atoms with E-state index in [1.807, 2.05) is 6.92 Å². The van der Waals surface area contributed by atoms with Gasteiger partial charge >= 0.3 is 0 Å². The number of benzene rings is 2. The molecule has 6 rings (SSSR count). The van der Waals surface area contributed by atoms with E-state index >= 15 is 0 Å².